The van der Waals surface area contributed by atoms with Crippen LogP contribution in [0.5, 0.6) is 5.75 Å². The van der Waals surface area contributed by atoms with Crippen LogP contribution >= 0.6 is 0 Å². The lowest BCUT2D eigenvalue weighted by Gasteiger charge is -2.18. The van der Waals surface area contributed by atoms with Gasteiger partial charge in [0, 0.05) is 18.2 Å². The van der Waals surface area contributed by atoms with Crippen LogP contribution in [0.4, 0.5) is 4.39 Å². The second-order valence-corrected chi connectivity index (χ2v) is 4.85. The van der Waals surface area contributed by atoms with Gasteiger partial charge in [-0.1, -0.05) is 13.8 Å². The van der Waals surface area contributed by atoms with E-state index in [1.165, 1.54) is 18.2 Å². The summed E-state index contributed by atoms with van der Waals surface area (Å²) in [6.07, 6.45) is 0. The molecule has 106 valence electrons. The fourth-order valence-electron chi connectivity index (χ4n) is 1.45. The Balaban J connectivity index is 2.55. The average Bonchev–Trinajstić information content (AvgIpc) is 2.36. The normalized spacial score (nSPS) is 12.3. The van der Waals surface area contributed by atoms with Crippen LogP contribution in [-0.2, 0) is 11.3 Å². The summed E-state index contributed by atoms with van der Waals surface area (Å²) in [5, 5.41) is 2.83. The van der Waals surface area contributed by atoms with Crippen LogP contribution in [0.2, 0.25) is 0 Å². The molecule has 0 saturated heterocycles. The SMILES string of the molecule is CC(C)C(C)NC(=O)COc1ccc(F)cc1CN. The number of carbonyl (C=O) groups excluding carboxylic acids is 1. The lowest BCUT2D eigenvalue weighted by Crippen LogP contribution is -2.39. The van der Waals surface area contributed by atoms with E-state index < -0.39 is 0 Å². The first-order valence-electron chi connectivity index (χ1n) is 6.34. The Morgan fingerprint density at radius 1 is 1.42 bits per heavy atom. The van der Waals surface area contributed by atoms with Gasteiger partial charge in [-0.15, -0.1) is 0 Å². The van der Waals surface area contributed by atoms with E-state index in [0.717, 1.165) is 0 Å². The predicted octanol–water partition coefficient (Wildman–Crippen LogP) is 1.82. The van der Waals surface area contributed by atoms with Gasteiger partial charge in [0.05, 0.1) is 0 Å². The van der Waals surface area contributed by atoms with Crippen LogP contribution in [0.15, 0.2) is 18.2 Å². The zero-order valence-electron chi connectivity index (χ0n) is 11.6. The molecule has 0 aliphatic rings. The van der Waals surface area contributed by atoms with Gasteiger partial charge in [-0.05, 0) is 31.0 Å². The second-order valence-electron chi connectivity index (χ2n) is 4.85. The van der Waals surface area contributed by atoms with E-state index in [2.05, 4.69) is 5.32 Å². The molecule has 0 aromatic heterocycles. The van der Waals surface area contributed by atoms with Crippen molar-refractivity contribution in [2.45, 2.75) is 33.4 Å². The third-order valence-electron chi connectivity index (χ3n) is 2.99. The van der Waals surface area contributed by atoms with E-state index in [-0.39, 0.29) is 30.9 Å². The molecule has 0 saturated carbocycles. The summed E-state index contributed by atoms with van der Waals surface area (Å²) in [6.45, 7) is 6.05. The molecule has 1 amide bonds. The number of hydrogen-bond acceptors (Lipinski definition) is 3. The molecule has 4 nitrogen and oxygen atoms in total. The smallest absolute Gasteiger partial charge is 0.258 e. The molecule has 1 aromatic carbocycles. The van der Waals surface area contributed by atoms with Gasteiger partial charge in [0.25, 0.3) is 5.91 Å². The van der Waals surface area contributed by atoms with Gasteiger partial charge >= 0.3 is 0 Å². The molecule has 1 aromatic rings. The molecular weight excluding hydrogens is 247 g/mol. The van der Waals surface area contributed by atoms with Crippen molar-refractivity contribution in [3.8, 4) is 5.75 Å². The lowest BCUT2D eigenvalue weighted by molar-refractivity contribution is -0.124. The Kier molecular flexibility index (Phi) is 5.76. The lowest BCUT2D eigenvalue weighted by atomic mass is 10.1. The summed E-state index contributed by atoms with van der Waals surface area (Å²) in [4.78, 5) is 11.7. The van der Waals surface area contributed by atoms with Crippen LogP contribution in [-0.4, -0.2) is 18.6 Å². The number of ether oxygens (including phenoxy) is 1. The highest BCUT2D eigenvalue weighted by atomic mass is 19.1. The zero-order chi connectivity index (χ0) is 14.4. The number of halogens is 1. The van der Waals surface area contributed by atoms with Crippen LogP contribution < -0.4 is 15.8 Å². The van der Waals surface area contributed by atoms with Crippen molar-refractivity contribution in [3.63, 3.8) is 0 Å². The van der Waals surface area contributed by atoms with Crippen LogP contribution in [0.1, 0.15) is 26.3 Å². The van der Waals surface area contributed by atoms with Gasteiger partial charge in [-0.3, -0.25) is 4.79 Å². The van der Waals surface area contributed by atoms with Crippen molar-refractivity contribution in [1.29, 1.82) is 0 Å². The first kappa shape index (κ1) is 15.4. The maximum Gasteiger partial charge on any atom is 0.258 e. The molecule has 0 heterocycles. The number of rotatable bonds is 6. The predicted molar refractivity (Wildman–Crippen MR) is 72.2 cm³/mol. The van der Waals surface area contributed by atoms with E-state index in [0.29, 0.717) is 17.2 Å². The second kappa shape index (κ2) is 7.09. The standard InChI is InChI=1S/C14H21FN2O2/c1-9(2)10(3)17-14(18)8-19-13-5-4-12(15)6-11(13)7-16/h4-6,9-10H,7-8,16H2,1-3H3,(H,17,18). The maximum atomic E-state index is 13.0. The summed E-state index contributed by atoms with van der Waals surface area (Å²) >= 11 is 0. The van der Waals surface area contributed by atoms with Gasteiger partial charge in [-0.2, -0.15) is 0 Å². The number of benzene rings is 1. The van der Waals surface area contributed by atoms with E-state index in [9.17, 15) is 9.18 Å². The molecule has 3 N–H and O–H groups in total. The van der Waals surface area contributed by atoms with E-state index in [4.69, 9.17) is 10.5 Å². The third-order valence-corrected chi connectivity index (χ3v) is 2.99. The number of amides is 1. The van der Waals surface area contributed by atoms with Gasteiger partial charge in [-0.25, -0.2) is 4.39 Å². The Morgan fingerprint density at radius 3 is 2.68 bits per heavy atom. The zero-order valence-corrected chi connectivity index (χ0v) is 11.6. The van der Waals surface area contributed by atoms with Crippen molar-refractivity contribution in [2.75, 3.05) is 6.61 Å². The minimum Gasteiger partial charge on any atom is -0.483 e. The van der Waals surface area contributed by atoms with Crippen molar-refractivity contribution >= 4 is 5.91 Å². The number of nitrogens with two attached hydrogens (primary N) is 1. The first-order chi connectivity index (χ1) is 8.93. The van der Waals surface area contributed by atoms with Crippen molar-refractivity contribution < 1.29 is 13.9 Å². The summed E-state index contributed by atoms with van der Waals surface area (Å²) in [6, 6.07) is 4.15. The molecule has 0 radical (unpaired) electrons. The van der Waals surface area contributed by atoms with E-state index in [1.807, 2.05) is 20.8 Å². The van der Waals surface area contributed by atoms with Crippen molar-refractivity contribution in [3.05, 3.63) is 29.6 Å². The highest BCUT2D eigenvalue weighted by Gasteiger charge is 2.12. The number of hydrogen-bond donors (Lipinski definition) is 2. The molecule has 5 heteroatoms. The van der Waals surface area contributed by atoms with Crippen LogP contribution in [0.3, 0.4) is 0 Å². The molecule has 0 fully saturated rings. The molecule has 0 aliphatic heterocycles. The van der Waals surface area contributed by atoms with Crippen LogP contribution in [0.25, 0.3) is 0 Å². The summed E-state index contributed by atoms with van der Waals surface area (Å²) in [5.41, 5.74) is 6.05. The van der Waals surface area contributed by atoms with Gasteiger partial charge in [0.2, 0.25) is 0 Å². The Labute approximate surface area is 113 Å². The quantitative estimate of drug-likeness (QED) is 0.827. The number of nitrogens with one attached hydrogen (secondary N) is 1. The van der Waals surface area contributed by atoms with E-state index in [1.54, 1.807) is 0 Å². The summed E-state index contributed by atoms with van der Waals surface area (Å²) in [5.74, 6) is 0.227. The Bertz CT molecular complexity index is 435. The highest BCUT2D eigenvalue weighted by Crippen LogP contribution is 2.18. The monoisotopic (exact) mass is 268 g/mol. The van der Waals surface area contributed by atoms with Gasteiger partial charge in [0.1, 0.15) is 11.6 Å². The topological polar surface area (TPSA) is 64.3 Å². The molecular formula is C14H21FN2O2. The van der Waals surface area contributed by atoms with Crippen LogP contribution in [0, 0.1) is 11.7 Å². The number of carbonyl (C=O) groups is 1. The fourth-order valence-corrected chi connectivity index (χ4v) is 1.45. The third kappa shape index (κ3) is 4.87. The largest absolute Gasteiger partial charge is 0.483 e. The maximum absolute atomic E-state index is 13.0. The molecule has 0 aliphatic carbocycles. The van der Waals surface area contributed by atoms with Crippen molar-refractivity contribution in [1.82, 2.24) is 5.32 Å². The van der Waals surface area contributed by atoms with Gasteiger partial charge < -0.3 is 15.8 Å². The van der Waals surface area contributed by atoms with Crippen molar-refractivity contribution in [2.24, 2.45) is 11.7 Å². The molecule has 19 heavy (non-hydrogen) atoms. The molecule has 0 bridgehead atoms. The minimum atomic E-state index is -0.370. The molecule has 1 rings (SSSR count). The first-order valence-corrected chi connectivity index (χ1v) is 6.34. The minimum absolute atomic E-state index is 0.0818. The summed E-state index contributed by atoms with van der Waals surface area (Å²) < 4.78 is 18.4. The molecule has 0 spiro atoms. The molecule has 1 unspecified atom stereocenters. The highest BCUT2D eigenvalue weighted by molar-refractivity contribution is 5.77. The Morgan fingerprint density at radius 2 is 2.11 bits per heavy atom. The molecule has 1 atom stereocenters. The van der Waals surface area contributed by atoms with Gasteiger partial charge in [0.15, 0.2) is 6.61 Å². The summed E-state index contributed by atoms with van der Waals surface area (Å²) in [7, 11) is 0. The Hall–Kier alpha value is -1.62. The fraction of sp³-hybridized carbons (Fsp3) is 0.500. The average molecular weight is 268 g/mol. The van der Waals surface area contributed by atoms with E-state index >= 15 is 0 Å².